The van der Waals surface area contributed by atoms with Crippen LogP contribution >= 0.6 is 0 Å². The number of aliphatic carboxylic acids is 1. The smallest absolute Gasteiger partial charge is 0.304 e. The average Bonchev–Trinajstić information content (AvgIpc) is 2.48. The predicted molar refractivity (Wildman–Crippen MR) is 80.4 cm³/mol. The van der Waals surface area contributed by atoms with E-state index in [4.69, 9.17) is 5.11 Å². The van der Waals surface area contributed by atoms with Crippen LogP contribution in [0.25, 0.3) is 0 Å². The van der Waals surface area contributed by atoms with Crippen molar-refractivity contribution in [3.63, 3.8) is 0 Å². The molecular formula is C16H21FN2O3. The number of ketones is 1. The molecule has 1 N–H and O–H groups in total. The van der Waals surface area contributed by atoms with Crippen LogP contribution in [0.2, 0.25) is 0 Å². The van der Waals surface area contributed by atoms with Gasteiger partial charge < -0.3 is 14.9 Å². The summed E-state index contributed by atoms with van der Waals surface area (Å²) in [4.78, 5) is 27.9. The van der Waals surface area contributed by atoms with Crippen LogP contribution in [-0.4, -0.2) is 66.4 Å². The number of nitrogens with zero attached hydrogens (tertiary/aromatic N) is 2. The first-order valence-electron chi connectivity index (χ1n) is 7.38. The third-order valence-corrected chi connectivity index (χ3v) is 4.00. The standard InChI is InChI=1S/C16H21FN2O3/c1-18-6-8-19(9-7-18)11-13(10-15(20)21)16(22)12-2-4-14(17)5-3-12/h2-5,13H,6-11H2,1H3,(H,20,21). The summed E-state index contributed by atoms with van der Waals surface area (Å²) in [7, 11) is 2.04. The molecule has 6 heteroatoms. The Morgan fingerprint density at radius 3 is 2.32 bits per heavy atom. The van der Waals surface area contributed by atoms with Crippen LogP contribution in [0.3, 0.4) is 0 Å². The Labute approximate surface area is 129 Å². The zero-order chi connectivity index (χ0) is 16.1. The summed E-state index contributed by atoms with van der Waals surface area (Å²) in [6.45, 7) is 3.89. The quantitative estimate of drug-likeness (QED) is 0.804. The average molecular weight is 308 g/mol. The van der Waals surface area contributed by atoms with Crippen LogP contribution in [-0.2, 0) is 4.79 Å². The maximum atomic E-state index is 13.0. The monoisotopic (exact) mass is 308 g/mol. The first-order valence-corrected chi connectivity index (χ1v) is 7.38. The van der Waals surface area contributed by atoms with E-state index in [0.717, 1.165) is 26.2 Å². The molecule has 22 heavy (non-hydrogen) atoms. The van der Waals surface area contributed by atoms with Crippen molar-refractivity contribution < 1.29 is 19.1 Å². The van der Waals surface area contributed by atoms with Crippen LogP contribution in [0.1, 0.15) is 16.8 Å². The van der Waals surface area contributed by atoms with Crippen LogP contribution in [0.15, 0.2) is 24.3 Å². The SMILES string of the molecule is CN1CCN(CC(CC(=O)O)C(=O)c2ccc(F)cc2)CC1. The second-order valence-electron chi connectivity index (χ2n) is 5.77. The predicted octanol–water partition coefficient (Wildman–Crippen LogP) is 1.35. The lowest BCUT2D eigenvalue weighted by Crippen LogP contribution is -2.47. The first-order chi connectivity index (χ1) is 10.5. The fraction of sp³-hybridized carbons (Fsp3) is 0.500. The van der Waals surface area contributed by atoms with Crippen molar-refractivity contribution in [2.75, 3.05) is 39.8 Å². The number of rotatable bonds is 6. The van der Waals surface area contributed by atoms with Gasteiger partial charge >= 0.3 is 5.97 Å². The molecule has 0 radical (unpaired) electrons. The third-order valence-electron chi connectivity index (χ3n) is 4.00. The minimum Gasteiger partial charge on any atom is -0.481 e. The van der Waals surface area contributed by atoms with Gasteiger partial charge in [-0.25, -0.2) is 4.39 Å². The van der Waals surface area contributed by atoms with Gasteiger partial charge in [-0.2, -0.15) is 0 Å². The molecular weight excluding hydrogens is 287 g/mol. The van der Waals surface area contributed by atoms with Crippen LogP contribution in [0.4, 0.5) is 4.39 Å². The van der Waals surface area contributed by atoms with Crippen molar-refractivity contribution in [2.45, 2.75) is 6.42 Å². The van der Waals surface area contributed by atoms with Gasteiger partial charge in [0.15, 0.2) is 5.78 Å². The minimum absolute atomic E-state index is 0.206. The molecule has 1 saturated heterocycles. The van der Waals surface area contributed by atoms with Gasteiger partial charge in [-0.3, -0.25) is 9.59 Å². The molecule has 5 nitrogen and oxygen atoms in total. The molecule has 1 aromatic rings. The van der Waals surface area contributed by atoms with Crippen molar-refractivity contribution in [2.24, 2.45) is 5.92 Å². The lowest BCUT2D eigenvalue weighted by Gasteiger charge is -2.34. The van der Waals surface area contributed by atoms with Crippen molar-refractivity contribution >= 4 is 11.8 Å². The first kappa shape index (κ1) is 16.6. The van der Waals surface area contributed by atoms with Crippen molar-refractivity contribution in [1.82, 2.24) is 9.80 Å². The molecule has 1 aliphatic rings. The number of carbonyl (C=O) groups is 2. The Morgan fingerprint density at radius 1 is 1.18 bits per heavy atom. The van der Waals surface area contributed by atoms with Gasteiger partial charge in [-0.1, -0.05) is 0 Å². The zero-order valence-corrected chi connectivity index (χ0v) is 12.7. The van der Waals surface area contributed by atoms with Crippen LogP contribution < -0.4 is 0 Å². The Balaban J connectivity index is 2.06. The lowest BCUT2D eigenvalue weighted by molar-refractivity contribution is -0.137. The summed E-state index contributed by atoms with van der Waals surface area (Å²) in [6.07, 6.45) is -0.206. The Bertz CT molecular complexity index is 525. The van der Waals surface area contributed by atoms with Gasteiger partial charge in [0.25, 0.3) is 0 Å². The van der Waals surface area contributed by atoms with E-state index in [1.807, 2.05) is 7.05 Å². The van der Waals surface area contributed by atoms with Crippen LogP contribution in [0, 0.1) is 11.7 Å². The van der Waals surface area contributed by atoms with E-state index in [1.54, 1.807) is 0 Å². The molecule has 120 valence electrons. The van der Waals surface area contributed by atoms with Gasteiger partial charge in [-0.15, -0.1) is 0 Å². The highest BCUT2D eigenvalue weighted by atomic mass is 19.1. The summed E-state index contributed by atoms with van der Waals surface area (Å²) < 4.78 is 13.0. The molecule has 0 aromatic heterocycles. The molecule has 2 rings (SSSR count). The molecule has 0 spiro atoms. The van der Waals surface area contributed by atoms with E-state index in [2.05, 4.69) is 9.80 Å². The van der Waals surface area contributed by atoms with E-state index in [9.17, 15) is 14.0 Å². The number of benzene rings is 1. The number of carboxylic acids is 1. The van der Waals surface area contributed by atoms with Crippen molar-refractivity contribution in [1.29, 1.82) is 0 Å². The molecule has 1 unspecified atom stereocenters. The largest absolute Gasteiger partial charge is 0.481 e. The van der Waals surface area contributed by atoms with Gasteiger partial charge in [-0.05, 0) is 31.3 Å². The maximum absolute atomic E-state index is 13.0. The highest BCUT2D eigenvalue weighted by Gasteiger charge is 2.26. The van der Waals surface area contributed by atoms with Gasteiger partial charge in [0, 0.05) is 44.2 Å². The molecule has 0 saturated carbocycles. The number of halogens is 1. The van der Waals surface area contributed by atoms with E-state index < -0.39 is 17.7 Å². The molecule has 0 aliphatic carbocycles. The molecule has 0 amide bonds. The topological polar surface area (TPSA) is 60.9 Å². The molecule has 1 heterocycles. The third kappa shape index (κ3) is 4.61. The van der Waals surface area contributed by atoms with Crippen molar-refractivity contribution in [3.8, 4) is 0 Å². The maximum Gasteiger partial charge on any atom is 0.304 e. The number of hydrogen-bond acceptors (Lipinski definition) is 4. The van der Waals surface area contributed by atoms with Gasteiger partial charge in [0.1, 0.15) is 5.82 Å². The summed E-state index contributed by atoms with van der Waals surface area (Å²) in [5, 5.41) is 9.06. The van der Waals surface area contributed by atoms with E-state index in [-0.39, 0.29) is 12.2 Å². The summed E-state index contributed by atoms with van der Waals surface area (Å²) in [6, 6.07) is 5.27. The molecule has 1 aliphatic heterocycles. The van der Waals surface area contributed by atoms with E-state index in [0.29, 0.717) is 12.1 Å². The highest BCUT2D eigenvalue weighted by molar-refractivity contribution is 5.99. The Morgan fingerprint density at radius 2 is 1.77 bits per heavy atom. The van der Waals surface area contributed by atoms with Crippen molar-refractivity contribution in [3.05, 3.63) is 35.6 Å². The number of likely N-dealkylation sites (N-methyl/N-ethyl adjacent to an activating group) is 1. The highest BCUT2D eigenvalue weighted by Crippen LogP contribution is 2.16. The Kier molecular flexibility index (Phi) is 5.63. The fourth-order valence-corrected chi connectivity index (χ4v) is 2.64. The lowest BCUT2D eigenvalue weighted by atomic mass is 9.93. The number of Topliss-reactive ketones (excluding diaryl/α,β-unsaturated/α-hetero) is 1. The normalized spacial score (nSPS) is 18.1. The van der Waals surface area contributed by atoms with E-state index >= 15 is 0 Å². The molecule has 0 bridgehead atoms. The summed E-state index contributed by atoms with van der Waals surface area (Å²) in [5.41, 5.74) is 0.363. The van der Waals surface area contributed by atoms with E-state index in [1.165, 1.54) is 24.3 Å². The minimum atomic E-state index is -0.991. The summed E-state index contributed by atoms with van der Waals surface area (Å²) >= 11 is 0. The Hall–Kier alpha value is -1.79. The second-order valence-corrected chi connectivity index (χ2v) is 5.77. The van der Waals surface area contributed by atoms with Gasteiger partial charge in [0.05, 0.1) is 6.42 Å². The zero-order valence-electron chi connectivity index (χ0n) is 12.7. The molecule has 1 atom stereocenters. The van der Waals surface area contributed by atoms with Crippen LogP contribution in [0.5, 0.6) is 0 Å². The second kappa shape index (κ2) is 7.47. The number of piperazine rings is 1. The summed E-state index contributed by atoms with van der Waals surface area (Å²) in [5.74, 6) is -2.24. The fourth-order valence-electron chi connectivity index (χ4n) is 2.64. The number of carboxylic acid groups (broad SMARTS) is 1. The number of carbonyl (C=O) groups excluding carboxylic acids is 1. The van der Waals surface area contributed by atoms with Gasteiger partial charge in [0.2, 0.25) is 0 Å². The molecule has 1 aromatic carbocycles. The number of hydrogen-bond donors (Lipinski definition) is 1. The molecule has 1 fully saturated rings.